The molecule has 4 rings (SSSR count). The Morgan fingerprint density at radius 1 is 0.750 bits per heavy atom. The SMILES string of the molecule is C[N+]1(C)CCC(C2c3ccccc3CCc3ccccc32)CC1.[I-]. The molecule has 0 amide bonds. The molecule has 1 fully saturated rings. The van der Waals surface area contributed by atoms with Crippen molar-refractivity contribution in [2.24, 2.45) is 5.92 Å². The average molecular weight is 433 g/mol. The molecule has 1 heterocycles. The van der Waals surface area contributed by atoms with E-state index in [1.54, 1.807) is 22.3 Å². The number of piperidine rings is 1. The summed E-state index contributed by atoms with van der Waals surface area (Å²) >= 11 is 0. The van der Waals surface area contributed by atoms with Crippen molar-refractivity contribution in [2.45, 2.75) is 31.6 Å². The van der Waals surface area contributed by atoms with E-state index in [1.807, 2.05) is 0 Å². The predicted molar refractivity (Wildman–Crippen MR) is 96.7 cm³/mol. The minimum atomic E-state index is 0. The van der Waals surface area contributed by atoms with Gasteiger partial charge in [0.15, 0.2) is 0 Å². The number of quaternary nitrogens is 1. The number of hydrogen-bond acceptors (Lipinski definition) is 0. The maximum atomic E-state index is 2.40. The number of halogens is 1. The van der Waals surface area contributed by atoms with E-state index in [4.69, 9.17) is 0 Å². The van der Waals surface area contributed by atoms with Crippen LogP contribution in [0.5, 0.6) is 0 Å². The maximum absolute atomic E-state index is 2.40. The smallest absolute Gasteiger partial charge is 0.0785 e. The van der Waals surface area contributed by atoms with Crippen LogP contribution in [0.4, 0.5) is 0 Å². The van der Waals surface area contributed by atoms with Gasteiger partial charge in [0.1, 0.15) is 0 Å². The number of fused-ring (bicyclic) bond motifs is 2. The molecule has 1 aliphatic heterocycles. The van der Waals surface area contributed by atoms with Crippen LogP contribution >= 0.6 is 0 Å². The highest BCUT2D eigenvalue weighted by atomic mass is 127. The molecule has 0 aromatic heterocycles. The normalized spacial score (nSPS) is 20.4. The lowest BCUT2D eigenvalue weighted by molar-refractivity contribution is -0.896. The van der Waals surface area contributed by atoms with Crippen LogP contribution in [0.1, 0.15) is 41.0 Å². The zero-order valence-electron chi connectivity index (χ0n) is 14.8. The van der Waals surface area contributed by atoms with Gasteiger partial charge in [-0.1, -0.05) is 48.5 Å². The summed E-state index contributed by atoms with van der Waals surface area (Å²) < 4.78 is 1.19. The molecular weight excluding hydrogens is 405 g/mol. The summed E-state index contributed by atoms with van der Waals surface area (Å²) in [6.07, 6.45) is 5.08. The van der Waals surface area contributed by atoms with Gasteiger partial charge in [0.2, 0.25) is 0 Å². The minimum Gasteiger partial charge on any atom is -1.00 e. The maximum Gasteiger partial charge on any atom is 0.0785 e. The van der Waals surface area contributed by atoms with Crippen LogP contribution in [0.3, 0.4) is 0 Å². The van der Waals surface area contributed by atoms with Crippen LogP contribution in [0.15, 0.2) is 48.5 Å². The third-order valence-electron chi connectivity index (χ3n) is 6.13. The topological polar surface area (TPSA) is 0 Å². The van der Waals surface area contributed by atoms with Gasteiger partial charge in [0, 0.05) is 18.8 Å². The van der Waals surface area contributed by atoms with Gasteiger partial charge in [-0.05, 0) is 41.0 Å². The first-order valence-electron chi connectivity index (χ1n) is 9.12. The molecule has 1 nitrogen and oxygen atoms in total. The highest BCUT2D eigenvalue weighted by Gasteiger charge is 2.35. The van der Waals surface area contributed by atoms with Gasteiger partial charge in [-0.25, -0.2) is 0 Å². The van der Waals surface area contributed by atoms with E-state index in [9.17, 15) is 0 Å². The van der Waals surface area contributed by atoms with Crippen LogP contribution in [0, 0.1) is 5.92 Å². The summed E-state index contributed by atoms with van der Waals surface area (Å²) in [5.41, 5.74) is 6.37. The summed E-state index contributed by atoms with van der Waals surface area (Å²) in [5, 5.41) is 0. The number of aryl methyl sites for hydroxylation is 2. The third-order valence-corrected chi connectivity index (χ3v) is 6.13. The fraction of sp³-hybridized carbons (Fsp3) is 0.455. The van der Waals surface area contributed by atoms with E-state index >= 15 is 0 Å². The molecule has 2 heteroatoms. The highest BCUT2D eigenvalue weighted by Crippen LogP contribution is 2.43. The average Bonchev–Trinajstić information content (AvgIpc) is 2.72. The standard InChI is InChI=1S/C22H28N.HI/c1-23(2)15-13-19(14-16-23)22-20-9-5-3-7-17(20)11-12-18-8-4-6-10-21(18)22;/h3-10,19,22H,11-16H2,1-2H3;1H/q+1;/p-1. The van der Waals surface area contributed by atoms with E-state index in [-0.39, 0.29) is 24.0 Å². The van der Waals surface area contributed by atoms with Crippen LogP contribution in [0.25, 0.3) is 0 Å². The molecule has 0 N–H and O–H groups in total. The molecule has 0 unspecified atom stereocenters. The molecule has 0 atom stereocenters. The van der Waals surface area contributed by atoms with Crippen molar-refractivity contribution in [2.75, 3.05) is 27.2 Å². The summed E-state index contributed by atoms with van der Waals surface area (Å²) in [7, 11) is 4.76. The summed E-state index contributed by atoms with van der Waals surface area (Å²) in [4.78, 5) is 0. The predicted octanol–water partition coefficient (Wildman–Crippen LogP) is 1.41. The van der Waals surface area contributed by atoms with E-state index in [2.05, 4.69) is 62.6 Å². The molecule has 0 bridgehead atoms. The number of nitrogens with zero attached hydrogens (tertiary/aromatic N) is 1. The van der Waals surface area contributed by atoms with Gasteiger partial charge < -0.3 is 28.5 Å². The zero-order chi connectivity index (χ0) is 15.9. The van der Waals surface area contributed by atoms with Crippen LogP contribution < -0.4 is 24.0 Å². The third kappa shape index (κ3) is 3.41. The van der Waals surface area contributed by atoms with Crippen molar-refractivity contribution in [3.8, 4) is 0 Å². The second kappa shape index (κ2) is 7.17. The van der Waals surface area contributed by atoms with Gasteiger partial charge in [-0.3, -0.25) is 0 Å². The lowest BCUT2D eigenvalue weighted by Gasteiger charge is -2.40. The zero-order valence-corrected chi connectivity index (χ0v) is 17.0. The fourth-order valence-electron chi connectivity index (χ4n) is 4.70. The van der Waals surface area contributed by atoms with E-state index in [0.717, 1.165) is 5.92 Å². The number of likely N-dealkylation sites (tertiary alicyclic amines) is 1. The highest BCUT2D eigenvalue weighted by molar-refractivity contribution is 5.45. The molecule has 0 spiro atoms. The molecular formula is C22H28IN. The Kier molecular flexibility index (Phi) is 5.36. The van der Waals surface area contributed by atoms with Crippen molar-refractivity contribution < 1.29 is 28.5 Å². The lowest BCUT2D eigenvalue weighted by Crippen LogP contribution is -3.00. The molecule has 2 aliphatic rings. The second-order valence-corrected chi connectivity index (χ2v) is 8.10. The molecule has 2 aromatic carbocycles. The van der Waals surface area contributed by atoms with Crippen LogP contribution in [-0.2, 0) is 12.8 Å². The van der Waals surface area contributed by atoms with E-state index in [1.165, 1.54) is 43.3 Å². The number of benzene rings is 2. The number of hydrogen-bond donors (Lipinski definition) is 0. The Bertz CT molecular complexity index is 649. The summed E-state index contributed by atoms with van der Waals surface area (Å²) in [6.45, 7) is 2.62. The van der Waals surface area contributed by atoms with Crippen LogP contribution in [0.2, 0.25) is 0 Å². The molecule has 0 radical (unpaired) electrons. The van der Waals surface area contributed by atoms with Crippen LogP contribution in [-0.4, -0.2) is 31.7 Å². The van der Waals surface area contributed by atoms with Gasteiger partial charge in [0.25, 0.3) is 0 Å². The first kappa shape index (κ1) is 17.9. The Balaban J connectivity index is 0.00000169. The van der Waals surface area contributed by atoms with Crippen molar-refractivity contribution in [3.63, 3.8) is 0 Å². The summed E-state index contributed by atoms with van der Waals surface area (Å²) in [6, 6.07) is 18.4. The minimum absolute atomic E-state index is 0. The monoisotopic (exact) mass is 433 g/mol. The molecule has 128 valence electrons. The first-order chi connectivity index (χ1) is 11.1. The molecule has 1 saturated heterocycles. The largest absolute Gasteiger partial charge is 1.00 e. The molecule has 2 aromatic rings. The van der Waals surface area contributed by atoms with E-state index < -0.39 is 0 Å². The van der Waals surface area contributed by atoms with Gasteiger partial charge in [0.05, 0.1) is 27.2 Å². The molecule has 1 aliphatic carbocycles. The quantitative estimate of drug-likeness (QED) is 0.472. The van der Waals surface area contributed by atoms with Crippen molar-refractivity contribution >= 4 is 0 Å². The molecule has 0 saturated carbocycles. The van der Waals surface area contributed by atoms with Gasteiger partial charge in [-0.2, -0.15) is 0 Å². The second-order valence-electron chi connectivity index (χ2n) is 8.10. The first-order valence-corrected chi connectivity index (χ1v) is 9.12. The van der Waals surface area contributed by atoms with E-state index in [0.29, 0.717) is 5.92 Å². The fourth-order valence-corrected chi connectivity index (χ4v) is 4.70. The lowest BCUT2D eigenvalue weighted by atomic mass is 9.74. The van der Waals surface area contributed by atoms with Crippen molar-refractivity contribution in [3.05, 3.63) is 70.8 Å². The Morgan fingerprint density at radius 2 is 1.21 bits per heavy atom. The molecule has 24 heavy (non-hydrogen) atoms. The van der Waals surface area contributed by atoms with Gasteiger partial charge >= 0.3 is 0 Å². The van der Waals surface area contributed by atoms with Gasteiger partial charge in [-0.15, -0.1) is 0 Å². The number of rotatable bonds is 1. The summed E-state index contributed by atoms with van der Waals surface area (Å²) in [5.74, 6) is 1.40. The Labute approximate surface area is 163 Å². The van der Waals surface area contributed by atoms with Crippen molar-refractivity contribution in [1.29, 1.82) is 0 Å². The Hall–Kier alpha value is -0.870. The Morgan fingerprint density at radius 3 is 1.71 bits per heavy atom. The van der Waals surface area contributed by atoms with Crippen molar-refractivity contribution in [1.82, 2.24) is 0 Å².